The Hall–Kier alpha value is -1.46. The molecule has 1 aromatic carbocycles. The first-order chi connectivity index (χ1) is 12.1. The van der Waals surface area contributed by atoms with E-state index in [9.17, 15) is 9.18 Å². The summed E-state index contributed by atoms with van der Waals surface area (Å²) >= 11 is 0. The van der Waals surface area contributed by atoms with E-state index in [1.807, 2.05) is 11.0 Å². The summed E-state index contributed by atoms with van der Waals surface area (Å²) in [4.78, 5) is 16.9. The van der Waals surface area contributed by atoms with Gasteiger partial charge >= 0.3 is 0 Å². The molecule has 2 heterocycles. The second kappa shape index (κ2) is 8.77. The number of hydrogen-bond acceptors (Lipinski definition) is 3. The minimum absolute atomic E-state index is 0.153. The summed E-state index contributed by atoms with van der Waals surface area (Å²) in [7, 11) is 0. The number of morpholine rings is 1. The largest absolute Gasteiger partial charge is 0.379 e. The summed E-state index contributed by atoms with van der Waals surface area (Å²) in [6.45, 7) is 7.66. The van der Waals surface area contributed by atoms with Gasteiger partial charge in [0.05, 0.1) is 13.2 Å². The van der Waals surface area contributed by atoms with Crippen molar-refractivity contribution in [3.05, 3.63) is 35.6 Å². The summed E-state index contributed by atoms with van der Waals surface area (Å²) < 4.78 is 19.1. The van der Waals surface area contributed by atoms with Gasteiger partial charge in [0.1, 0.15) is 5.82 Å². The van der Waals surface area contributed by atoms with Crippen LogP contribution in [0.15, 0.2) is 24.3 Å². The van der Waals surface area contributed by atoms with Crippen LogP contribution in [-0.2, 0) is 16.0 Å². The van der Waals surface area contributed by atoms with E-state index in [1.54, 1.807) is 12.1 Å². The average Bonchev–Trinajstić information content (AvgIpc) is 2.67. The first kappa shape index (κ1) is 18.3. The number of ether oxygens (including phenoxy) is 1. The fraction of sp³-hybridized carbons (Fsp3) is 0.650. The van der Waals surface area contributed by atoms with Gasteiger partial charge in [-0.15, -0.1) is 0 Å². The Morgan fingerprint density at radius 2 is 1.88 bits per heavy atom. The Labute approximate surface area is 149 Å². The third-order valence-corrected chi connectivity index (χ3v) is 5.76. The molecule has 2 aliphatic rings. The Bertz CT molecular complexity index is 567. The molecule has 0 aliphatic carbocycles. The monoisotopic (exact) mass is 348 g/mol. The fourth-order valence-electron chi connectivity index (χ4n) is 4.02. The Morgan fingerprint density at radius 3 is 2.56 bits per heavy atom. The highest BCUT2D eigenvalue weighted by Crippen LogP contribution is 2.25. The lowest BCUT2D eigenvalue weighted by Crippen LogP contribution is -2.49. The van der Waals surface area contributed by atoms with E-state index in [0.29, 0.717) is 30.4 Å². The van der Waals surface area contributed by atoms with Gasteiger partial charge in [-0.2, -0.15) is 0 Å². The predicted octanol–water partition coefficient (Wildman–Crippen LogP) is 2.72. The second-order valence-electron chi connectivity index (χ2n) is 7.20. The summed E-state index contributed by atoms with van der Waals surface area (Å²) in [5, 5.41) is 0. The quantitative estimate of drug-likeness (QED) is 0.820. The van der Waals surface area contributed by atoms with Crippen molar-refractivity contribution < 1.29 is 13.9 Å². The molecule has 0 radical (unpaired) electrons. The molecule has 138 valence electrons. The van der Waals surface area contributed by atoms with Gasteiger partial charge in [-0.3, -0.25) is 9.69 Å². The van der Waals surface area contributed by atoms with Crippen LogP contribution in [0.3, 0.4) is 0 Å². The second-order valence-corrected chi connectivity index (χ2v) is 7.20. The van der Waals surface area contributed by atoms with Crippen LogP contribution in [-0.4, -0.2) is 61.1 Å². The third kappa shape index (κ3) is 4.79. The molecular weight excluding hydrogens is 319 g/mol. The minimum Gasteiger partial charge on any atom is -0.379 e. The average molecular weight is 348 g/mol. The molecule has 0 N–H and O–H groups in total. The fourth-order valence-corrected chi connectivity index (χ4v) is 4.02. The maximum absolute atomic E-state index is 13.7. The molecule has 25 heavy (non-hydrogen) atoms. The zero-order chi connectivity index (χ0) is 17.6. The summed E-state index contributed by atoms with van der Waals surface area (Å²) in [6.07, 6.45) is 2.99. The van der Waals surface area contributed by atoms with Crippen LogP contribution in [0, 0.1) is 11.7 Å². The SMILES string of the molecule is C[C@H](C1CCN(C(=O)CCc2ccccc2F)CC1)N1CCOCC1. The predicted molar refractivity (Wildman–Crippen MR) is 95.9 cm³/mol. The van der Waals surface area contributed by atoms with Gasteiger partial charge in [0.15, 0.2) is 0 Å². The van der Waals surface area contributed by atoms with E-state index in [-0.39, 0.29) is 11.7 Å². The first-order valence-electron chi connectivity index (χ1n) is 9.48. The normalized spacial score (nSPS) is 21.3. The maximum atomic E-state index is 13.7. The van der Waals surface area contributed by atoms with E-state index in [0.717, 1.165) is 52.2 Å². The number of hydrogen-bond donors (Lipinski definition) is 0. The maximum Gasteiger partial charge on any atom is 0.222 e. The number of amides is 1. The highest BCUT2D eigenvalue weighted by Gasteiger charge is 2.29. The number of halogens is 1. The molecule has 5 heteroatoms. The molecule has 2 saturated heterocycles. The Morgan fingerprint density at radius 1 is 1.20 bits per heavy atom. The summed E-state index contributed by atoms with van der Waals surface area (Å²) in [5.41, 5.74) is 0.631. The van der Waals surface area contributed by atoms with Crippen LogP contribution in [0.4, 0.5) is 4.39 Å². The minimum atomic E-state index is -0.214. The van der Waals surface area contributed by atoms with Crippen molar-refractivity contribution in [1.29, 1.82) is 0 Å². The van der Waals surface area contributed by atoms with Crippen LogP contribution in [0.1, 0.15) is 31.7 Å². The van der Waals surface area contributed by atoms with Crippen LogP contribution in [0.25, 0.3) is 0 Å². The molecule has 4 nitrogen and oxygen atoms in total. The van der Waals surface area contributed by atoms with Crippen molar-refractivity contribution in [2.24, 2.45) is 5.92 Å². The molecular formula is C20H29FN2O2. The number of piperidine rings is 1. The van der Waals surface area contributed by atoms with Crippen molar-refractivity contribution in [3.8, 4) is 0 Å². The lowest BCUT2D eigenvalue weighted by atomic mass is 9.89. The van der Waals surface area contributed by atoms with Crippen LogP contribution >= 0.6 is 0 Å². The van der Waals surface area contributed by atoms with Crippen LogP contribution < -0.4 is 0 Å². The van der Waals surface area contributed by atoms with Gasteiger partial charge in [0.25, 0.3) is 0 Å². The van der Waals surface area contributed by atoms with E-state index in [1.165, 1.54) is 6.07 Å². The molecule has 2 aliphatic heterocycles. The molecule has 2 fully saturated rings. The van der Waals surface area contributed by atoms with Gasteiger partial charge < -0.3 is 9.64 Å². The van der Waals surface area contributed by atoms with Crippen LogP contribution in [0.5, 0.6) is 0 Å². The van der Waals surface area contributed by atoms with Crippen molar-refractivity contribution in [2.45, 2.75) is 38.6 Å². The van der Waals surface area contributed by atoms with Crippen molar-refractivity contribution in [1.82, 2.24) is 9.80 Å². The molecule has 3 rings (SSSR count). The van der Waals surface area contributed by atoms with Crippen molar-refractivity contribution >= 4 is 5.91 Å². The molecule has 0 unspecified atom stereocenters. The van der Waals surface area contributed by atoms with E-state index in [2.05, 4.69) is 11.8 Å². The number of benzene rings is 1. The van der Waals surface area contributed by atoms with Gasteiger partial charge in [0.2, 0.25) is 5.91 Å². The molecule has 0 aromatic heterocycles. The summed E-state index contributed by atoms with van der Waals surface area (Å²) in [5.74, 6) is 0.586. The molecule has 1 amide bonds. The molecule has 0 spiro atoms. The number of carbonyl (C=O) groups excluding carboxylic acids is 1. The topological polar surface area (TPSA) is 32.8 Å². The summed E-state index contributed by atoms with van der Waals surface area (Å²) in [6, 6.07) is 7.28. The smallest absolute Gasteiger partial charge is 0.222 e. The van der Waals surface area contributed by atoms with Crippen LogP contribution in [0.2, 0.25) is 0 Å². The molecule has 0 saturated carbocycles. The molecule has 0 bridgehead atoms. The molecule has 1 aromatic rings. The van der Waals surface area contributed by atoms with Gasteiger partial charge in [-0.1, -0.05) is 18.2 Å². The highest BCUT2D eigenvalue weighted by atomic mass is 19.1. The number of nitrogens with zero attached hydrogens (tertiary/aromatic N) is 2. The number of likely N-dealkylation sites (tertiary alicyclic amines) is 1. The number of aryl methyl sites for hydroxylation is 1. The van der Waals surface area contributed by atoms with Gasteiger partial charge in [-0.25, -0.2) is 4.39 Å². The van der Waals surface area contributed by atoms with Gasteiger partial charge in [-0.05, 0) is 43.7 Å². The molecule has 1 atom stereocenters. The Balaban J connectivity index is 1.43. The lowest BCUT2D eigenvalue weighted by Gasteiger charge is -2.41. The van der Waals surface area contributed by atoms with Gasteiger partial charge in [0, 0.05) is 38.6 Å². The van der Waals surface area contributed by atoms with E-state index >= 15 is 0 Å². The standard InChI is InChI=1S/C20H29FN2O2/c1-16(22-12-14-25-15-13-22)17-8-10-23(11-9-17)20(24)7-6-18-4-2-3-5-19(18)21/h2-5,16-17H,6-15H2,1H3/t16-/m1/s1. The van der Waals surface area contributed by atoms with Crippen molar-refractivity contribution in [2.75, 3.05) is 39.4 Å². The zero-order valence-corrected chi connectivity index (χ0v) is 15.1. The Kier molecular flexibility index (Phi) is 6.43. The highest BCUT2D eigenvalue weighted by molar-refractivity contribution is 5.76. The zero-order valence-electron chi connectivity index (χ0n) is 15.1. The number of carbonyl (C=O) groups is 1. The number of rotatable bonds is 5. The lowest BCUT2D eigenvalue weighted by molar-refractivity contribution is -0.133. The third-order valence-electron chi connectivity index (χ3n) is 5.76. The first-order valence-corrected chi connectivity index (χ1v) is 9.48. The van der Waals surface area contributed by atoms with E-state index < -0.39 is 0 Å². The van der Waals surface area contributed by atoms with Crippen molar-refractivity contribution in [3.63, 3.8) is 0 Å². The van der Waals surface area contributed by atoms with E-state index in [4.69, 9.17) is 4.74 Å².